The lowest BCUT2D eigenvalue weighted by atomic mass is 10.3. The zero-order chi connectivity index (χ0) is 15.9. The van der Waals surface area contributed by atoms with Crippen molar-refractivity contribution in [3.63, 3.8) is 0 Å². The molecule has 0 bridgehead atoms. The topological polar surface area (TPSA) is 50.4 Å². The van der Waals surface area contributed by atoms with Crippen molar-refractivity contribution in [3.05, 3.63) is 53.6 Å². The Hall–Kier alpha value is -2.34. The number of carbonyl (C=O) groups excluding carboxylic acids is 1. The Morgan fingerprint density at radius 2 is 1.86 bits per heavy atom. The van der Waals surface area contributed by atoms with Crippen molar-refractivity contribution >= 4 is 28.9 Å². The van der Waals surface area contributed by atoms with E-state index in [4.69, 9.17) is 11.6 Å². The number of nitrogens with one attached hydrogen (secondary N) is 2. The number of anilines is 2. The Morgan fingerprint density at radius 3 is 2.50 bits per heavy atom. The van der Waals surface area contributed by atoms with Crippen LogP contribution in [0, 0.1) is 0 Å². The molecule has 2 aromatic rings. The maximum Gasteiger partial charge on any atom is 0.387 e. The van der Waals surface area contributed by atoms with Crippen LogP contribution in [-0.4, -0.2) is 19.1 Å². The molecule has 0 saturated carbocycles. The number of hydrogen-bond acceptors (Lipinski definition) is 3. The van der Waals surface area contributed by atoms with Gasteiger partial charge in [0.15, 0.2) is 0 Å². The first-order valence-corrected chi connectivity index (χ1v) is 6.75. The van der Waals surface area contributed by atoms with E-state index >= 15 is 0 Å². The molecule has 0 atom stereocenters. The third-order valence-electron chi connectivity index (χ3n) is 2.64. The Balaban J connectivity index is 1.83. The van der Waals surface area contributed by atoms with Gasteiger partial charge in [-0.25, -0.2) is 0 Å². The molecule has 0 unspecified atom stereocenters. The van der Waals surface area contributed by atoms with Gasteiger partial charge in [0.2, 0.25) is 5.91 Å². The van der Waals surface area contributed by atoms with E-state index in [-0.39, 0.29) is 18.2 Å². The van der Waals surface area contributed by atoms with E-state index in [9.17, 15) is 13.6 Å². The van der Waals surface area contributed by atoms with E-state index < -0.39 is 6.61 Å². The first kappa shape index (κ1) is 16.0. The zero-order valence-corrected chi connectivity index (χ0v) is 12.1. The number of carbonyl (C=O) groups is 1. The number of benzene rings is 2. The van der Waals surface area contributed by atoms with Gasteiger partial charge in [-0.3, -0.25) is 4.79 Å². The number of hydrogen-bond donors (Lipinski definition) is 2. The SMILES string of the molecule is O=C(CNc1ccc(OC(F)F)cc1)Nc1cccc(Cl)c1. The lowest BCUT2D eigenvalue weighted by Gasteiger charge is -2.09. The van der Waals surface area contributed by atoms with Crippen LogP contribution in [0.2, 0.25) is 5.02 Å². The Morgan fingerprint density at radius 1 is 1.14 bits per heavy atom. The number of ether oxygens (including phenoxy) is 1. The monoisotopic (exact) mass is 326 g/mol. The molecular formula is C15H13ClF2N2O2. The fraction of sp³-hybridized carbons (Fsp3) is 0.133. The normalized spacial score (nSPS) is 10.4. The van der Waals surface area contributed by atoms with Gasteiger partial charge in [-0.15, -0.1) is 0 Å². The number of halogens is 3. The molecule has 116 valence electrons. The second-order valence-corrected chi connectivity index (χ2v) is 4.75. The van der Waals surface area contributed by atoms with Crippen LogP contribution >= 0.6 is 11.6 Å². The van der Waals surface area contributed by atoms with Crippen LogP contribution in [-0.2, 0) is 4.79 Å². The highest BCUT2D eigenvalue weighted by molar-refractivity contribution is 6.30. The van der Waals surface area contributed by atoms with Crippen molar-refractivity contribution in [2.75, 3.05) is 17.2 Å². The van der Waals surface area contributed by atoms with E-state index in [0.29, 0.717) is 16.4 Å². The highest BCUT2D eigenvalue weighted by atomic mass is 35.5. The molecule has 0 aliphatic carbocycles. The summed E-state index contributed by atoms with van der Waals surface area (Å²) in [5.74, 6) is -0.195. The minimum absolute atomic E-state index is 0.0293. The van der Waals surface area contributed by atoms with Gasteiger partial charge in [0.25, 0.3) is 0 Å². The average molecular weight is 327 g/mol. The highest BCUT2D eigenvalue weighted by Gasteiger charge is 2.05. The van der Waals surface area contributed by atoms with Crippen LogP contribution in [0.3, 0.4) is 0 Å². The van der Waals surface area contributed by atoms with Gasteiger partial charge in [0.05, 0.1) is 6.54 Å². The summed E-state index contributed by atoms with van der Waals surface area (Å²) in [5, 5.41) is 6.08. The summed E-state index contributed by atoms with van der Waals surface area (Å²) < 4.78 is 28.3. The van der Waals surface area contributed by atoms with Gasteiger partial charge in [-0.1, -0.05) is 17.7 Å². The lowest BCUT2D eigenvalue weighted by Crippen LogP contribution is -2.21. The molecule has 2 N–H and O–H groups in total. The van der Waals surface area contributed by atoms with Gasteiger partial charge < -0.3 is 15.4 Å². The van der Waals surface area contributed by atoms with Crippen LogP contribution < -0.4 is 15.4 Å². The average Bonchev–Trinajstić information content (AvgIpc) is 2.46. The third kappa shape index (κ3) is 5.21. The highest BCUT2D eigenvalue weighted by Crippen LogP contribution is 2.18. The molecule has 22 heavy (non-hydrogen) atoms. The Bertz CT molecular complexity index is 636. The third-order valence-corrected chi connectivity index (χ3v) is 2.88. The van der Waals surface area contributed by atoms with E-state index in [1.807, 2.05) is 0 Å². The molecule has 2 aromatic carbocycles. The molecule has 0 radical (unpaired) electrons. The van der Waals surface area contributed by atoms with E-state index in [0.717, 1.165) is 0 Å². The molecule has 2 rings (SSSR count). The lowest BCUT2D eigenvalue weighted by molar-refractivity contribution is -0.114. The standard InChI is InChI=1S/C15H13ClF2N2O2/c16-10-2-1-3-12(8-10)20-14(21)9-19-11-4-6-13(7-5-11)22-15(17)18/h1-8,15,19H,9H2,(H,20,21). The van der Waals surface area contributed by atoms with Gasteiger partial charge in [-0.2, -0.15) is 8.78 Å². The Kier molecular flexibility index (Phi) is 5.55. The number of alkyl halides is 2. The molecule has 7 heteroatoms. The van der Waals surface area contributed by atoms with Crippen molar-refractivity contribution in [3.8, 4) is 5.75 Å². The summed E-state index contributed by atoms with van der Waals surface area (Å²) in [5.41, 5.74) is 1.21. The summed E-state index contributed by atoms with van der Waals surface area (Å²) in [6.45, 7) is -2.83. The van der Waals surface area contributed by atoms with E-state index in [1.165, 1.54) is 12.1 Å². The maximum atomic E-state index is 12.0. The van der Waals surface area contributed by atoms with Gasteiger partial charge in [-0.05, 0) is 42.5 Å². The molecule has 0 aromatic heterocycles. The zero-order valence-electron chi connectivity index (χ0n) is 11.4. The van der Waals surface area contributed by atoms with Crippen molar-refractivity contribution in [2.24, 2.45) is 0 Å². The van der Waals surface area contributed by atoms with Crippen molar-refractivity contribution in [2.45, 2.75) is 6.61 Å². The van der Waals surface area contributed by atoms with Crippen LogP contribution in [0.4, 0.5) is 20.2 Å². The maximum absolute atomic E-state index is 12.0. The summed E-state index contributed by atoms with van der Waals surface area (Å²) in [6.07, 6.45) is 0. The van der Waals surface area contributed by atoms with Gasteiger partial charge in [0, 0.05) is 16.4 Å². The quantitative estimate of drug-likeness (QED) is 0.844. The smallest absolute Gasteiger partial charge is 0.387 e. The molecular weight excluding hydrogens is 314 g/mol. The van der Waals surface area contributed by atoms with Crippen molar-refractivity contribution in [1.29, 1.82) is 0 Å². The van der Waals surface area contributed by atoms with Crippen LogP contribution in [0.25, 0.3) is 0 Å². The predicted octanol–water partition coefficient (Wildman–Crippen LogP) is 3.99. The number of rotatable bonds is 6. The van der Waals surface area contributed by atoms with Crippen LogP contribution in [0.5, 0.6) is 5.75 Å². The Labute approximate surface area is 131 Å². The molecule has 1 amide bonds. The van der Waals surface area contributed by atoms with Crippen LogP contribution in [0.1, 0.15) is 0 Å². The van der Waals surface area contributed by atoms with Gasteiger partial charge >= 0.3 is 6.61 Å². The molecule has 0 saturated heterocycles. The molecule has 0 aliphatic rings. The first-order chi connectivity index (χ1) is 10.5. The summed E-state index contributed by atoms with van der Waals surface area (Å²) in [6, 6.07) is 12.7. The summed E-state index contributed by atoms with van der Waals surface area (Å²) in [7, 11) is 0. The van der Waals surface area contributed by atoms with Crippen molar-refractivity contribution in [1.82, 2.24) is 0 Å². The van der Waals surface area contributed by atoms with Crippen LogP contribution in [0.15, 0.2) is 48.5 Å². The van der Waals surface area contributed by atoms with E-state index in [2.05, 4.69) is 15.4 Å². The molecule has 0 aliphatic heterocycles. The minimum Gasteiger partial charge on any atom is -0.435 e. The van der Waals surface area contributed by atoms with Crippen molar-refractivity contribution < 1.29 is 18.3 Å². The first-order valence-electron chi connectivity index (χ1n) is 6.37. The molecule has 0 fully saturated rings. The largest absolute Gasteiger partial charge is 0.435 e. The fourth-order valence-corrected chi connectivity index (χ4v) is 1.90. The number of amides is 1. The minimum atomic E-state index is -2.86. The fourth-order valence-electron chi connectivity index (χ4n) is 1.71. The molecule has 4 nitrogen and oxygen atoms in total. The second kappa shape index (κ2) is 7.61. The molecule has 0 spiro atoms. The summed E-state index contributed by atoms with van der Waals surface area (Å²) in [4.78, 5) is 11.8. The second-order valence-electron chi connectivity index (χ2n) is 4.31. The summed E-state index contributed by atoms with van der Waals surface area (Å²) >= 11 is 5.82. The van der Waals surface area contributed by atoms with E-state index in [1.54, 1.807) is 36.4 Å². The van der Waals surface area contributed by atoms with Gasteiger partial charge in [0.1, 0.15) is 5.75 Å². The predicted molar refractivity (Wildman–Crippen MR) is 81.6 cm³/mol. The molecule has 0 heterocycles.